The predicted octanol–water partition coefficient (Wildman–Crippen LogP) is 4.33. The lowest BCUT2D eigenvalue weighted by molar-refractivity contribution is -0.141. The summed E-state index contributed by atoms with van der Waals surface area (Å²) in [4.78, 5) is 42.9. The molecule has 0 aliphatic heterocycles. The molecule has 3 aromatic rings. The highest BCUT2D eigenvalue weighted by Gasteiger charge is 2.25. The number of carbonyl (C=O) groups is 3. The Bertz CT molecular complexity index is 1160. The quantitative estimate of drug-likeness (QED) is 0.491. The number of aliphatic carboxylic acids is 1. The van der Waals surface area contributed by atoms with Crippen molar-refractivity contribution in [3.63, 3.8) is 0 Å². The number of anilines is 1. The van der Waals surface area contributed by atoms with Gasteiger partial charge in [-0.2, -0.15) is 0 Å². The first-order chi connectivity index (χ1) is 16.2. The number of amides is 2. The Morgan fingerprint density at radius 2 is 1.76 bits per heavy atom. The van der Waals surface area contributed by atoms with Crippen LogP contribution in [-0.2, 0) is 16.0 Å². The molecule has 2 N–H and O–H groups in total. The maximum atomic E-state index is 13.3. The third kappa shape index (κ3) is 6.01. The molecular formula is C26H32N4O4. The van der Waals surface area contributed by atoms with Gasteiger partial charge in [-0.05, 0) is 49.4 Å². The second-order valence-electron chi connectivity index (χ2n) is 9.13. The highest BCUT2D eigenvalue weighted by Crippen LogP contribution is 2.25. The van der Waals surface area contributed by atoms with E-state index in [0.29, 0.717) is 12.8 Å². The summed E-state index contributed by atoms with van der Waals surface area (Å²) < 4.78 is 1.62. The van der Waals surface area contributed by atoms with Gasteiger partial charge in [-0.15, -0.1) is 0 Å². The van der Waals surface area contributed by atoms with Crippen molar-refractivity contribution < 1.29 is 19.5 Å². The fourth-order valence-corrected chi connectivity index (χ4v) is 4.22. The first kappa shape index (κ1) is 25.0. The minimum Gasteiger partial charge on any atom is -0.481 e. The highest BCUT2D eigenvalue weighted by atomic mass is 16.4. The minimum atomic E-state index is -0.978. The maximum absolute atomic E-state index is 13.3. The number of hydrogen-bond acceptors (Lipinski definition) is 4. The Kier molecular flexibility index (Phi) is 8.04. The molecule has 34 heavy (non-hydrogen) atoms. The van der Waals surface area contributed by atoms with Crippen LogP contribution in [0.5, 0.6) is 0 Å². The van der Waals surface area contributed by atoms with E-state index >= 15 is 0 Å². The SMILES string of the molecule is CC(C)CC(CC(=O)O)C(=O)N[C@H](C)Cc1cn(C(=O)N(C)c2ccncc2)c2ccccc12. The van der Waals surface area contributed by atoms with E-state index in [2.05, 4.69) is 10.3 Å². The van der Waals surface area contributed by atoms with Gasteiger partial charge < -0.3 is 10.4 Å². The van der Waals surface area contributed by atoms with Crippen LogP contribution in [0.3, 0.4) is 0 Å². The van der Waals surface area contributed by atoms with Gasteiger partial charge in [0.2, 0.25) is 5.91 Å². The van der Waals surface area contributed by atoms with Crippen LogP contribution in [0.15, 0.2) is 55.0 Å². The molecule has 0 spiro atoms. The normalized spacial score (nSPS) is 13.0. The van der Waals surface area contributed by atoms with E-state index in [9.17, 15) is 19.5 Å². The average molecular weight is 465 g/mol. The molecule has 180 valence electrons. The van der Waals surface area contributed by atoms with Gasteiger partial charge in [0.25, 0.3) is 0 Å². The Balaban J connectivity index is 1.80. The van der Waals surface area contributed by atoms with Crippen LogP contribution in [0.25, 0.3) is 10.9 Å². The lowest BCUT2D eigenvalue weighted by Crippen LogP contribution is -2.39. The molecule has 2 aromatic heterocycles. The largest absolute Gasteiger partial charge is 0.481 e. The fourth-order valence-electron chi connectivity index (χ4n) is 4.22. The van der Waals surface area contributed by atoms with E-state index in [1.54, 1.807) is 41.0 Å². The number of nitrogens with zero attached hydrogens (tertiary/aromatic N) is 3. The minimum absolute atomic E-state index is 0.189. The summed E-state index contributed by atoms with van der Waals surface area (Å²) in [5.41, 5.74) is 2.44. The van der Waals surface area contributed by atoms with Crippen LogP contribution in [0.1, 0.15) is 39.2 Å². The molecule has 0 saturated carbocycles. The maximum Gasteiger partial charge on any atom is 0.332 e. The number of benzene rings is 1. The lowest BCUT2D eigenvalue weighted by Gasteiger charge is -2.20. The second kappa shape index (κ2) is 11.0. The first-order valence-electron chi connectivity index (χ1n) is 11.5. The van der Waals surface area contributed by atoms with Gasteiger partial charge >= 0.3 is 12.0 Å². The Hall–Kier alpha value is -3.68. The summed E-state index contributed by atoms with van der Waals surface area (Å²) in [6.45, 7) is 5.84. The molecule has 3 rings (SSSR count). The molecule has 2 heterocycles. The van der Waals surface area contributed by atoms with E-state index < -0.39 is 11.9 Å². The van der Waals surface area contributed by atoms with Gasteiger partial charge in [-0.3, -0.25) is 24.0 Å². The molecule has 2 atom stereocenters. The highest BCUT2D eigenvalue weighted by molar-refractivity contribution is 6.00. The van der Waals surface area contributed by atoms with E-state index in [4.69, 9.17) is 0 Å². The van der Waals surface area contributed by atoms with Crippen molar-refractivity contribution >= 4 is 34.5 Å². The molecule has 0 aliphatic rings. The topological polar surface area (TPSA) is 105 Å². The van der Waals surface area contributed by atoms with Gasteiger partial charge in [0.1, 0.15) is 0 Å². The number of rotatable bonds is 9. The zero-order valence-corrected chi connectivity index (χ0v) is 20.1. The van der Waals surface area contributed by atoms with Crippen LogP contribution in [-0.4, -0.2) is 45.7 Å². The van der Waals surface area contributed by atoms with Gasteiger partial charge in [-0.1, -0.05) is 32.0 Å². The number of hydrogen-bond donors (Lipinski definition) is 2. The molecule has 1 unspecified atom stereocenters. The molecule has 0 aliphatic carbocycles. The molecule has 0 radical (unpaired) electrons. The number of para-hydroxylation sites is 1. The van der Waals surface area contributed by atoms with E-state index in [1.165, 1.54) is 0 Å². The van der Waals surface area contributed by atoms with Gasteiger partial charge in [0, 0.05) is 48.7 Å². The van der Waals surface area contributed by atoms with Crippen molar-refractivity contribution in [1.82, 2.24) is 14.9 Å². The van der Waals surface area contributed by atoms with Crippen LogP contribution >= 0.6 is 0 Å². The smallest absolute Gasteiger partial charge is 0.332 e. The summed E-state index contributed by atoms with van der Waals surface area (Å²) in [6.07, 6.45) is 5.92. The Morgan fingerprint density at radius 1 is 1.09 bits per heavy atom. The van der Waals surface area contributed by atoms with Crippen LogP contribution in [0.2, 0.25) is 0 Å². The zero-order valence-electron chi connectivity index (χ0n) is 20.1. The van der Waals surface area contributed by atoms with E-state index in [1.807, 2.05) is 51.2 Å². The number of nitrogens with one attached hydrogen (secondary N) is 1. The zero-order chi connectivity index (χ0) is 24.8. The van der Waals surface area contributed by atoms with Crippen LogP contribution < -0.4 is 10.2 Å². The third-order valence-corrected chi connectivity index (χ3v) is 5.80. The fraction of sp³-hybridized carbons (Fsp3) is 0.385. The molecule has 2 amide bonds. The standard InChI is InChI=1S/C26H32N4O4/c1-17(2)13-19(15-24(31)32)25(33)28-18(3)14-20-16-30(23-8-6-5-7-22(20)23)26(34)29(4)21-9-11-27-12-10-21/h5-12,16-19H,13-15H2,1-4H3,(H,28,33)(H,31,32)/t18-,19?/m1/s1. The summed E-state index contributed by atoms with van der Waals surface area (Å²) in [5.74, 6) is -1.59. The second-order valence-corrected chi connectivity index (χ2v) is 9.13. The van der Waals surface area contributed by atoms with Crippen molar-refractivity contribution in [3.05, 3.63) is 60.6 Å². The number of carbonyl (C=O) groups excluding carboxylic acids is 2. The number of pyridine rings is 1. The Morgan fingerprint density at radius 3 is 2.41 bits per heavy atom. The molecule has 8 nitrogen and oxygen atoms in total. The van der Waals surface area contributed by atoms with Crippen LogP contribution in [0, 0.1) is 11.8 Å². The monoisotopic (exact) mass is 464 g/mol. The van der Waals surface area contributed by atoms with Crippen molar-refractivity contribution in [2.75, 3.05) is 11.9 Å². The average Bonchev–Trinajstić information content (AvgIpc) is 3.16. The van der Waals surface area contributed by atoms with Gasteiger partial charge in [0.05, 0.1) is 11.9 Å². The first-order valence-corrected chi connectivity index (χ1v) is 11.5. The molecular weight excluding hydrogens is 432 g/mol. The van der Waals surface area contributed by atoms with Crippen molar-refractivity contribution in [2.24, 2.45) is 11.8 Å². The molecule has 0 saturated heterocycles. The van der Waals surface area contributed by atoms with Gasteiger partial charge in [0.15, 0.2) is 0 Å². The van der Waals surface area contributed by atoms with Crippen molar-refractivity contribution in [2.45, 2.75) is 46.1 Å². The van der Waals surface area contributed by atoms with E-state index in [0.717, 1.165) is 22.2 Å². The van der Waals surface area contributed by atoms with E-state index in [-0.39, 0.29) is 30.3 Å². The molecule has 0 fully saturated rings. The number of carboxylic acid groups (broad SMARTS) is 1. The third-order valence-electron chi connectivity index (χ3n) is 5.80. The predicted molar refractivity (Wildman–Crippen MR) is 132 cm³/mol. The summed E-state index contributed by atoms with van der Waals surface area (Å²) in [6, 6.07) is 10.8. The van der Waals surface area contributed by atoms with Gasteiger partial charge in [-0.25, -0.2) is 4.79 Å². The van der Waals surface area contributed by atoms with Crippen LogP contribution in [0.4, 0.5) is 10.5 Å². The molecule has 8 heteroatoms. The van der Waals surface area contributed by atoms with Crippen molar-refractivity contribution in [3.8, 4) is 0 Å². The Labute approximate surface area is 199 Å². The summed E-state index contributed by atoms with van der Waals surface area (Å²) in [5, 5.41) is 13.1. The molecule has 0 bridgehead atoms. The lowest BCUT2D eigenvalue weighted by atomic mass is 9.93. The summed E-state index contributed by atoms with van der Waals surface area (Å²) >= 11 is 0. The number of carboxylic acids is 1. The summed E-state index contributed by atoms with van der Waals surface area (Å²) in [7, 11) is 1.71. The number of fused-ring (bicyclic) bond motifs is 1. The molecule has 1 aromatic carbocycles. The van der Waals surface area contributed by atoms with Crippen molar-refractivity contribution in [1.29, 1.82) is 0 Å². The number of aromatic nitrogens is 2.